The molecule has 0 bridgehead atoms. The lowest BCUT2D eigenvalue weighted by atomic mass is 9.76. The molecule has 0 saturated carbocycles. The van der Waals surface area contributed by atoms with E-state index in [0.717, 1.165) is 17.7 Å². The summed E-state index contributed by atoms with van der Waals surface area (Å²) < 4.78 is 5.17. The van der Waals surface area contributed by atoms with Gasteiger partial charge in [-0.3, -0.25) is 10.1 Å². The lowest BCUT2D eigenvalue weighted by Gasteiger charge is -2.37. The number of fused-ring (bicyclic) bond motifs is 3. The average molecular weight is 398 g/mol. The smallest absolute Gasteiger partial charge is 0.311 e. The summed E-state index contributed by atoms with van der Waals surface area (Å²) >= 11 is 0. The van der Waals surface area contributed by atoms with Gasteiger partial charge in [0.1, 0.15) is 0 Å². The summed E-state index contributed by atoms with van der Waals surface area (Å²) in [5.41, 5.74) is 5.70. The van der Waals surface area contributed by atoms with Crippen LogP contribution >= 0.6 is 0 Å². The first-order valence-corrected chi connectivity index (χ1v) is 10.1. The Hall–Kier alpha value is -3.60. The summed E-state index contributed by atoms with van der Waals surface area (Å²) in [6, 6.07) is 22.2. The van der Waals surface area contributed by atoms with Crippen LogP contribution < -0.4 is 10.1 Å². The molecule has 0 aromatic heterocycles. The molecule has 2 unspecified atom stereocenters. The third kappa shape index (κ3) is 3.03. The van der Waals surface area contributed by atoms with Gasteiger partial charge in [-0.2, -0.15) is 0 Å². The third-order valence-electron chi connectivity index (χ3n) is 6.23. The molecule has 3 aromatic carbocycles. The van der Waals surface area contributed by atoms with Gasteiger partial charge >= 0.3 is 5.69 Å². The molecule has 3 atom stereocenters. The molecule has 1 aliphatic carbocycles. The highest BCUT2D eigenvalue weighted by Crippen LogP contribution is 2.51. The summed E-state index contributed by atoms with van der Waals surface area (Å²) in [5.74, 6) is 0.890. The molecular formula is C25H22N2O3. The van der Waals surface area contributed by atoms with Gasteiger partial charge in [-0.25, -0.2) is 0 Å². The van der Waals surface area contributed by atoms with Crippen molar-refractivity contribution in [2.45, 2.75) is 18.4 Å². The maximum atomic E-state index is 11.5. The normalized spacial score (nSPS) is 21.4. The second-order valence-corrected chi connectivity index (χ2v) is 7.83. The van der Waals surface area contributed by atoms with Crippen LogP contribution in [0.3, 0.4) is 0 Å². The maximum absolute atomic E-state index is 11.5. The first-order valence-electron chi connectivity index (χ1n) is 10.1. The fraction of sp³-hybridized carbons (Fsp3) is 0.200. The summed E-state index contributed by atoms with van der Waals surface area (Å²) in [7, 11) is 1.46. The minimum atomic E-state index is -0.379. The summed E-state index contributed by atoms with van der Waals surface area (Å²) in [6.07, 6.45) is 5.45. The number of allylic oxidation sites excluding steroid dienone is 2. The quantitative estimate of drug-likeness (QED) is 0.328. The van der Waals surface area contributed by atoms with Crippen LogP contribution in [0.25, 0.3) is 11.1 Å². The Labute approximate surface area is 175 Å². The molecule has 1 heterocycles. The zero-order valence-corrected chi connectivity index (χ0v) is 16.6. The van der Waals surface area contributed by atoms with Gasteiger partial charge in [0.2, 0.25) is 0 Å². The van der Waals surface area contributed by atoms with Crippen LogP contribution in [0.15, 0.2) is 78.9 Å². The molecule has 0 spiro atoms. The number of nitro benzene ring substituents is 1. The Balaban J connectivity index is 1.55. The molecule has 0 amide bonds. The highest BCUT2D eigenvalue weighted by Gasteiger charge is 2.38. The van der Waals surface area contributed by atoms with E-state index < -0.39 is 0 Å². The first kappa shape index (κ1) is 18.4. The third-order valence-corrected chi connectivity index (χ3v) is 6.23. The van der Waals surface area contributed by atoms with Gasteiger partial charge in [-0.05, 0) is 52.8 Å². The van der Waals surface area contributed by atoms with Crippen LogP contribution in [0.1, 0.15) is 29.5 Å². The van der Waals surface area contributed by atoms with E-state index in [1.54, 1.807) is 12.1 Å². The zero-order valence-electron chi connectivity index (χ0n) is 16.6. The lowest BCUT2D eigenvalue weighted by molar-refractivity contribution is -0.385. The van der Waals surface area contributed by atoms with E-state index in [0.29, 0.717) is 5.92 Å². The maximum Gasteiger partial charge on any atom is 0.311 e. The molecule has 0 saturated heterocycles. The van der Waals surface area contributed by atoms with Crippen LogP contribution in [0.5, 0.6) is 5.75 Å². The topological polar surface area (TPSA) is 64.4 Å². The van der Waals surface area contributed by atoms with E-state index in [9.17, 15) is 10.1 Å². The monoisotopic (exact) mass is 398 g/mol. The highest BCUT2D eigenvalue weighted by atomic mass is 16.6. The van der Waals surface area contributed by atoms with Crippen molar-refractivity contribution in [3.8, 4) is 16.9 Å². The predicted octanol–water partition coefficient (Wildman–Crippen LogP) is 6.10. The van der Waals surface area contributed by atoms with Crippen molar-refractivity contribution < 1.29 is 9.66 Å². The van der Waals surface area contributed by atoms with Crippen LogP contribution in [-0.2, 0) is 0 Å². The molecule has 0 radical (unpaired) electrons. The highest BCUT2D eigenvalue weighted by molar-refractivity contribution is 5.71. The van der Waals surface area contributed by atoms with E-state index in [1.165, 1.54) is 23.8 Å². The van der Waals surface area contributed by atoms with Crippen LogP contribution in [0.2, 0.25) is 0 Å². The largest absolute Gasteiger partial charge is 0.490 e. The number of rotatable bonds is 4. The van der Waals surface area contributed by atoms with Gasteiger partial charge in [-0.15, -0.1) is 0 Å². The van der Waals surface area contributed by atoms with E-state index in [1.807, 2.05) is 12.1 Å². The molecule has 2 aliphatic rings. The number of hydrogen-bond donors (Lipinski definition) is 1. The molecule has 3 aromatic rings. The van der Waals surface area contributed by atoms with Gasteiger partial charge in [0.05, 0.1) is 18.1 Å². The van der Waals surface area contributed by atoms with Crippen LogP contribution in [0, 0.1) is 16.0 Å². The number of benzene rings is 3. The van der Waals surface area contributed by atoms with E-state index in [4.69, 9.17) is 4.74 Å². The van der Waals surface area contributed by atoms with Gasteiger partial charge in [0.25, 0.3) is 0 Å². The van der Waals surface area contributed by atoms with Crippen molar-refractivity contribution in [1.82, 2.24) is 0 Å². The van der Waals surface area contributed by atoms with Crippen molar-refractivity contribution in [1.29, 1.82) is 0 Å². The van der Waals surface area contributed by atoms with Gasteiger partial charge in [-0.1, -0.05) is 54.6 Å². The van der Waals surface area contributed by atoms with E-state index >= 15 is 0 Å². The molecule has 150 valence electrons. The van der Waals surface area contributed by atoms with Crippen molar-refractivity contribution in [3.05, 3.63) is 100 Å². The van der Waals surface area contributed by atoms with Gasteiger partial charge in [0.15, 0.2) is 5.75 Å². The van der Waals surface area contributed by atoms with Crippen molar-refractivity contribution in [2.75, 3.05) is 12.4 Å². The van der Waals surface area contributed by atoms with Gasteiger partial charge in [0, 0.05) is 17.7 Å². The van der Waals surface area contributed by atoms with Crippen molar-refractivity contribution in [3.63, 3.8) is 0 Å². The van der Waals surface area contributed by atoms with Crippen molar-refractivity contribution in [2.24, 2.45) is 5.92 Å². The Kier molecular flexibility index (Phi) is 4.51. The number of methoxy groups -OCH3 is 1. The molecule has 30 heavy (non-hydrogen) atoms. The average Bonchev–Trinajstić information content (AvgIpc) is 3.28. The second-order valence-electron chi connectivity index (χ2n) is 7.83. The summed E-state index contributed by atoms with van der Waals surface area (Å²) in [6.45, 7) is 0. The van der Waals surface area contributed by atoms with Crippen LogP contribution in [0.4, 0.5) is 11.4 Å². The summed E-state index contributed by atoms with van der Waals surface area (Å²) in [5, 5.41) is 15.2. The first-order chi connectivity index (χ1) is 14.7. The Morgan fingerprint density at radius 3 is 2.63 bits per heavy atom. The standard InChI is InChI=1S/C25H22N2O3/c1-30-24-13-11-18(15-23(24)27(28)29)25-20-9-5-8-19(20)21-14-17(10-12-22(21)26-25)16-6-3-2-4-7-16/h2-8,10-15,19-20,25-26H,9H2,1H3/t19?,20?,25-/m1/s1. The molecule has 5 heteroatoms. The Bertz CT molecular complexity index is 1140. The number of nitrogens with one attached hydrogen (secondary N) is 1. The zero-order chi connectivity index (χ0) is 20.7. The van der Waals surface area contributed by atoms with E-state index in [2.05, 4.69) is 59.9 Å². The molecule has 1 aliphatic heterocycles. The van der Waals surface area contributed by atoms with Gasteiger partial charge < -0.3 is 10.1 Å². The summed E-state index contributed by atoms with van der Waals surface area (Å²) in [4.78, 5) is 11.1. The fourth-order valence-electron chi connectivity index (χ4n) is 4.78. The molecule has 5 rings (SSSR count). The van der Waals surface area contributed by atoms with Crippen LogP contribution in [-0.4, -0.2) is 12.0 Å². The number of nitro groups is 1. The SMILES string of the molecule is COc1ccc([C@H]2Nc3ccc(-c4ccccc4)cc3C3C=CCC32)cc1[N+](=O)[O-]. The molecule has 0 fully saturated rings. The Morgan fingerprint density at radius 1 is 1.03 bits per heavy atom. The number of anilines is 1. The number of nitrogens with zero attached hydrogens (tertiary/aromatic N) is 1. The fourth-order valence-corrected chi connectivity index (χ4v) is 4.78. The van der Waals surface area contributed by atoms with E-state index in [-0.39, 0.29) is 28.3 Å². The molecular weight excluding hydrogens is 376 g/mol. The number of hydrogen-bond acceptors (Lipinski definition) is 4. The number of ether oxygens (including phenoxy) is 1. The molecule has 5 nitrogen and oxygen atoms in total. The minimum absolute atomic E-state index is 0.00419. The minimum Gasteiger partial charge on any atom is -0.490 e. The second kappa shape index (κ2) is 7.34. The Morgan fingerprint density at radius 2 is 1.87 bits per heavy atom. The lowest BCUT2D eigenvalue weighted by Crippen LogP contribution is -2.29. The molecule has 1 N–H and O–H groups in total. The van der Waals surface area contributed by atoms with Crippen molar-refractivity contribution >= 4 is 11.4 Å². The predicted molar refractivity (Wildman–Crippen MR) is 118 cm³/mol.